The second-order valence-electron chi connectivity index (χ2n) is 2.73. The highest BCUT2D eigenvalue weighted by Crippen LogP contribution is 2.35. The molecule has 3 N–H and O–H groups in total. The Hall–Kier alpha value is -0.940. The van der Waals surface area contributed by atoms with Crippen molar-refractivity contribution in [2.45, 2.75) is 12.2 Å². The Morgan fingerprint density at radius 1 is 1.36 bits per heavy atom. The van der Waals surface area contributed by atoms with E-state index in [0.717, 1.165) is 18.2 Å². The van der Waals surface area contributed by atoms with Crippen LogP contribution in [0.2, 0.25) is 5.02 Å². The summed E-state index contributed by atoms with van der Waals surface area (Å²) >= 11 is 5.49. The molecule has 1 aromatic rings. The van der Waals surface area contributed by atoms with Crippen LogP contribution in [0.15, 0.2) is 18.2 Å². The van der Waals surface area contributed by atoms with E-state index in [2.05, 4.69) is 0 Å². The van der Waals surface area contributed by atoms with Gasteiger partial charge in [0, 0.05) is 5.02 Å². The third-order valence-corrected chi connectivity index (χ3v) is 2.00. The van der Waals surface area contributed by atoms with Crippen molar-refractivity contribution in [3.8, 4) is 5.75 Å². The van der Waals surface area contributed by atoms with Crippen molar-refractivity contribution >= 4 is 11.6 Å². The second-order valence-corrected chi connectivity index (χ2v) is 3.13. The minimum Gasteiger partial charge on any atom is -0.508 e. The lowest BCUT2D eigenvalue weighted by Gasteiger charge is -2.16. The zero-order valence-corrected chi connectivity index (χ0v) is 7.60. The topological polar surface area (TPSA) is 46.2 Å². The molecule has 0 saturated heterocycles. The molecule has 6 heteroatoms. The largest absolute Gasteiger partial charge is 0.508 e. The number of halogens is 4. The van der Waals surface area contributed by atoms with E-state index in [1.807, 2.05) is 0 Å². The maximum Gasteiger partial charge on any atom is 0.407 e. The molecule has 78 valence electrons. The summed E-state index contributed by atoms with van der Waals surface area (Å²) in [5.41, 5.74) is 4.68. The van der Waals surface area contributed by atoms with Crippen molar-refractivity contribution in [3.05, 3.63) is 28.8 Å². The highest BCUT2D eigenvalue weighted by atomic mass is 35.5. The van der Waals surface area contributed by atoms with Crippen LogP contribution in [0.25, 0.3) is 0 Å². The van der Waals surface area contributed by atoms with Gasteiger partial charge in [-0.2, -0.15) is 13.2 Å². The summed E-state index contributed by atoms with van der Waals surface area (Å²) in [4.78, 5) is 0. The van der Waals surface area contributed by atoms with Gasteiger partial charge in [0.2, 0.25) is 0 Å². The van der Waals surface area contributed by atoms with Gasteiger partial charge in [-0.15, -0.1) is 0 Å². The van der Waals surface area contributed by atoms with Crippen LogP contribution in [0.1, 0.15) is 11.6 Å². The number of nitrogens with two attached hydrogens (primary N) is 1. The zero-order valence-electron chi connectivity index (χ0n) is 6.85. The van der Waals surface area contributed by atoms with Crippen LogP contribution in [0, 0.1) is 0 Å². The number of alkyl halides is 3. The molecule has 14 heavy (non-hydrogen) atoms. The lowest BCUT2D eigenvalue weighted by molar-refractivity contribution is -0.149. The van der Waals surface area contributed by atoms with E-state index in [0.29, 0.717) is 0 Å². The van der Waals surface area contributed by atoms with Gasteiger partial charge in [-0.3, -0.25) is 0 Å². The van der Waals surface area contributed by atoms with Gasteiger partial charge in [-0.05, 0) is 17.7 Å². The lowest BCUT2D eigenvalue weighted by Crippen LogP contribution is -2.28. The van der Waals surface area contributed by atoms with Crippen molar-refractivity contribution < 1.29 is 18.3 Å². The van der Waals surface area contributed by atoms with Gasteiger partial charge in [0.05, 0.1) is 0 Å². The SMILES string of the molecule is N[C@@H](c1ccc(O)cc1Cl)C(F)(F)F. The third-order valence-electron chi connectivity index (χ3n) is 1.67. The van der Waals surface area contributed by atoms with Crippen LogP contribution in [0.3, 0.4) is 0 Å². The van der Waals surface area contributed by atoms with Gasteiger partial charge in [0.15, 0.2) is 0 Å². The molecule has 0 aromatic heterocycles. The summed E-state index contributed by atoms with van der Waals surface area (Å²) < 4.78 is 36.5. The summed E-state index contributed by atoms with van der Waals surface area (Å²) in [6, 6.07) is 1.04. The quantitative estimate of drug-likeness (QED) is 0.772. The Kier molecular flexibility index (Phi) is 2.92. The van der Waals surface area contributed by atoms with Gasteiger partial charge in [0.1, 0.15) is 11.8 Å². The van der Waals surface area contributed by atoms with Crippen LogP contribution in [-0.2, 0) is 0 Å². The Bertz CT molecular complexity index is 340. The Morgan fingerprint density at radius 2 is 1.93 bits per heavy atom. The number of aromatic hydroxyl groups is 1. The predicted molar refractivity (Wildman–Crippen MR) is 46.1 cm³/mol. The van der Waals surface area contributed by atoms with Gasteiger partial charge >= 0.3 is 6.18 Å². The summed E-state index contributed by atoms with van der Waals surface area (Å²) in [7, 11) is 0. The van der Waals surface area contributed by atoms with E-state index < -0.39 is 12.2 Å². The molecule has 1 rings (SSSR count). The molecule has 0 bridgehead atoms. The van der Waals surface area contributed by atoms with E-state index in [-0.39, 0.29) is 16.3 Å². The fraction of sp³-hybridized carbons (Fsp3) is 0.250. The molecule has 0 radical (unpaired) electrons. The van der Waals surface area contributed by atoms with Gasteiger partial charge in [0.25, 0.3) is 0 Å². The van der Waals surface area contributed by atoms with E-state index >= 15 is 0 Å². The van der Waals surface area contributed by atoms with Crippen molar-refractivity contribution in [3.63, 3.8) is 0 Å². The first-order chi connectivity index (χ1) is 6.32. The average molecular weight is 226 g/mol. The molecular weight excluding hydrogens is 219 g/mol. The average Bonchev–Trinajstić information content (AvgIpc) is 2.01. The molecule has 1 aromatic carbocycles. The number of rotatable bonds is 1. The number of hydrogen-bond acceptors (Lipinski definition) is 2. The first-order valence-electron chi connectivity index (χ1n) is 3.63. The van der Waals surface area contributed by atoms with Crippen molar-refractivity contribution in [1.82, 2.24) is 0 Å². The molecule has 0 fully saturated rings. The van der Waals surface area contributed by atoms with Crippen molar-refractivity contribution in [2.24, 2.45) is 5.73 Å². The standard InChI is InChI=1S/C8H7ClF3NO/c9-6-3-4(14)1-2-5(6)7(13)8(10,11)12/h1-3,7,14H,13H2/t7-/m0/s1. The van der Waals surface area contributed by atoms with Crippen LogP contribution in [0.5, 0.6) is 5.75 Å². The van der Waals surface area contributed by atoms with Crippen LogP contribution >= 0.6 is 11.6 Å². The Balaban J connectivity index is 3.08. The van der Waals surface area contributed by atoms with E-state index in [1.165, 1.54) is 0 Å². The fourth-order valence-corrected chi connectivity index (χ4v) is 1.24. The Labute approximate surface area is 83.1 Å². The molecule has 0 aliphatic carbocycles. The monoisotopic (exact) mass is 225 g/mol. The molecule has 1 atom stereocenters. The van der Waals surface area contributed by atoms with Crippen molar-refractivity contribution in [1.29, 1.82) is 0 Å². The molecule has 0 spiro atoms. The molecular formula is C8H7ClF3NO. The molecule has 0 aliphatic rings. The number of hydrogen-bond donors (Lipinski definition) is 2. The van der Waals surface area contributed by atoms with E-state index in [4.69, 9.17) is 22.4 Å². The van der Waals surface area contributed by atoms with Gasteiger partial charge < -0.3 is 10.8 Å². The Morgan fingerprint density at radius 3 is 2.36 bits per heavy atom. The molecule has 0 saturated carbocycles. The first kappa shape index (κ1) is 11.1. The van der Waals surface area contributed by atoms with Crippen LogP contribution in [-0.4, -0.2) is 11.3 Å². The highest BCUT2D eigenvalue weighted by molar-refractivity contribution is 6.31. The molecule has 0 unspecified atom stereocenters. The van der Waals surface area contributed by atoms with Crippen molar-refractivity contribution in [2.75, 3.05) is 0 Å². The number of benzene rings is 1. The van der Waals surface area contributed by atoms with Gasteiger partial charge in [-0.1, -0.05) is 17.7 Å². The highest BCUT2D eigenvalue weighted by Gasteiger charge is 2.38. The maximum absolute atomic E-state index is 12.2. The zero-order chi connectivity index (χ0) is 10.9. The fourth-order valence-electron chi connectivity index (χ4n) is 0.945. The summed E-state index contributed by atoms with van der Waals surface area (Å²) in [5.74, 6) is -0.201. The molecule has 0 heterocycles. The predicted octanol–water partition coefficient (Wildman–Crippen LogP) is 2.61. The molecule has 0 aliphatic heterocycles. The summed E-state index contributed by atoms with van der Waals surface area (Å²) in [6.07, 6.45) is -4.54. The van der Waals surface area contributed by atoms with E-state index in [9.17, 15) is 13.2 Å². The van der Waals surface area contributed by atoms with Gasteiger partial charge in [-0.25, -0.2) is 0 Å². The summed E-state index contributed by atoms with van der Waals surface area (Å²) in [5, 5.41) is 8.72. The maximum atomic E-state index is 12.2. The van der Waals surface area contributed by atoms with Crippen LogP contribution in [0.4, 0.5) is 13.2 Å². The van der Waals surface area contributed by atoms with Crippen LogP contribution < -0.4 is 5.73 Å². The minimum absolute atomic E-state index is 0.199. The normalized spacial score (nSPS) is 14.1. The minimum atomic E-state index is -4.54. The number of phenols is 1. The second kappa shape index (κ2) is 3.67. The molecule has 0 amide bonds. The number of phenolic OH excluding ortho intramolecular Hbond substituents is 1. The third kappa shape index (κ3) is 2.30. The smallest absolute Gasteiger partial charge is 0.407 e. The first-order valence-corrected chi connectivity index (χ1v) is 4.01. The lowest BCUT2D eigenvalue weighted by atomic mass is 10.1. The molecule has 2 nitrogen and oxygen atoms in total. The summed E-state index contributed by atoms with van der Waals surface area (Å²) in [6.45, 7) is 0. The van der Waals surface area contributed by atoms with E-state index in [1.54, 1.807) is 0 Å².